The highest BCUT2D eigenvalue weighted by Gasteiger charge is 2.22. The number of carboxylic acids is 1. The zero-order valence-electron chi connectivity index (χ0n) is 10.1. The van der Waals surface area contributed by atoms with Gasteiger partial charge in [-0.2, -0.15) is 0 Å². The van der Waals surface area contributed by atoms with E-state index >= 15 is 0 Å². The van der Waals surface area contributed by atoms with Crippen molar-refractivity contribution in [2.75, 3.05) is 5.32 Å². The van der Waals surface area contributed by atoms with Crippen LogP contribution in [0.1, 0.15) is 11.6 Å². The van der Waals surface area contributed by atoms with Gasteiger partial charge in [0.05, 0.1) is 0 Å². The molecule has 3 nitrogen and oxygen atoms in total. The van der Waals surface area contributed by atoms with E-state index in [-0.39, 0.29) is 0 Å². The van der Waals surface area contributed by atoms with Crippen LogP contribution in [0.5, 0.6) is 0 Å². The van der Waals surface area contributed by atoms with Crippen LogP contribution in [-0.4, -0.2) is 11.1 Å². The number of anilines is 1. The van der Waals surface area contributed by atoms with Crippen LogP contribution in [0.25, 0.3) is 0 Å². The number of nitrogens with one attached hydrogen (secondary N) is 1. The molecule has 2 aromatic rings. The van der Waals surface area contributed by atoms with Crippen LogP contribution >= 0.6 is 43.5 Å². The molecule has 0 saturated heterocycles. The maximum atomic E-state index is 11.5. The monoisotopic (exact) mass is 417 g/mol. The van der Waals surface area contributed by atoms with Crippen LogP contribution in [-0.2, 0) is 4.79 Å². The first-order valence-corrected chi connectivity index (χ1v) is 7.63. The summed E-state index contributed by atoms with van der Waals surface area (Å²) in [7, 11) is 0. The first-order valence-electron chi connectivity index (χ1n) is 5.67. The van der Waals surface area contributed by atoms with Crippen LogP contribution in [0.2, 0.25) is 5.02 Å². The molecule has 1 unspecified atom stereocenters. The van der Waals surface area contributed by atoms with Gasteiger partial charge in [0.1, 0.15) is 0 Å². The number of rotatable bonds is 4. The molecular weight excluding hydrogens is 409 g/mol. The summed E-state index contributed by atoms with van der Waals surface area (Å²) in [5.41, 5.74) is 1.29. The summed E-state index contributed by atoms with van der Waals surface area (Å²) in [6, 6.07) is 11.5. The second-order valence-electron chi connectivity index (χ2n) is 4.09. The Morgan fingerprint density at radius 1 is 1.15 bits per heavy atom. The summed E-state index contributed by atoms with van der Waals surface area (Å²) in [6.45, 7) is 0. The topological polar surface area (TPSA) is 49.3 Å². The Balaban J connectivity index is 2.34. The molecule has 2 N–H and O–H groups in total. The molecule has 20 heavy (non-hydrogen) atoms. The summed E-state index contributed by atoms with van der Waals surface area (Å²) in [4.78, 5) is 11.5. The smallest absolute Gasteiger partial charge is 0.330 e. The lowest BCUT2D eigenvalue weighted by molar-refractivity contribution is -0.138. The summed E-state index contributed by atoms with van der Waals surface area (Å²) in [5, 5.41) is 12.9. The highest BCUT2D eigenvalue weighted by molar-refractivity contribution is 9.10. The second kappa shape index (κ2) is 6.61. The number of hydrogen-bond acceptors (Lipinski definition) is 2. The lowest BCUT2D eigenvalue weighted by Gasteiger charge is -2.18. The Hall–Kier alpha value is -1.04. The Bertz CT molecular complexity index is 632. The molecule has 0 saturated carbocycles. The van der Waals surface area contributed by atoms with Crippen molar-refractivity contribution >= 4 is 55.1 Å². The Morgan fingerprint density at radius 3 is 2.40 bits per heavy atom. The molecule has 0 spiro atoms. The Kier molecular flexibility index (Phi) is 5.07. The number of carboxylic acid groups (broad SMARTS) is 1. The SMILES string of the molecule is O=C(O)C(Nc1ccc(Br)cc1)c1cc(Cl)ccc1Br. The molecule has 2 rings (SSSR count). The lowest BCUT2D eigenvalue weighted by Crippen LogP contribution is -2.21. The van der Waals surface area contributed by atoms with Gasteiger partial charge >= 0.3 is 5.97 Å². The van der Waals surface area contributed by atoms with Gasteiger partial charge < -0.3 is 10.4 Å². The highest BCUT2D eigenvalue weighted by atomic mass is 79.9. The van der Waals surface area contributed by atoms with Crippen LogP contribution < -0.4 is 5.32 Å². The van der Waals surface area contributed by atoms with E-state index in [4.69, 9.17) is 11.6 Å². The summed E-state index contributed by atoms with van der Waals surface area (Å²) in [6.07, 6.45) is 0. The molecule has 1 atom stereocenters. The maximum Gasteiger partial charge on any atom is 0.330 e. The van der Waals surface area contributed by atoms with Gasteiger partial charge in [-0.15, -0.1) is 0 Å². The summed E-state index contributed by atoms with van der Waals surface area (Å²) >= 11 is 12.6. The molecule has 6 heteroatoms. The van der Waals surface area contributed by atoms with E-state index in [1.165, 1.54) is 0 Å². The molecule has 0 aliphatic carbocycles. The largest absolute Gasteiger partial charge is 0.479 e. The first kappa shape index (κ1) is 15.4. The van der Waals surface area contributed by atoms with Gasteiger partial charge in [0, 0.05) is 25.2 Å². The molecule has 0 bridgehead atoms. The van der Waals surface area contributed by atoms with Crippen molar-refractivity contribution in [2.45, 2.75) is 6.04 Å². The van der Waals surface area contributed by atoms with Gasteiger partial charge in [-0.1, -0.05) is 43.5 Å². The van der Waals surface area contributed by atoms with Gasteiger partial charge in [-0.3, -0.25) is 0 Å². The molecule has 104 valence electrons. The van der Waals surface area contributed by atoms with E-state index in [1.807, 2.05) is 12.1 Å². The van der Waals surface area contributed by atoms with Crippen molar-refractivity contribution < 1.29 is 9.90 Å². The van der Waals surface area contributed by atoms with E-state index in [2.05, 4.69) is 37.2 Å². The highest BCUT2D eigenvalue weighted by Crippen LogP contribution is 2.29. The number of benzene rings is 2. The lowest BCUT2D eigenvalue weighted by atomic mass is 10.1. The molecular formula is C14H10Br2ClNO2. The van der Waals surface area contributed by atoms with Crippen LogP contribution in [0, 0.1) is 0 Å². The van der Waals surface area contributed by atoms with E-state index < -0.39 is 12.0 Å². The number of aliphatic carboxylic acids is 1. The van der Waals surface area contributed by atoms with Gasteiger partial charge in [0.15, 0.2) is 6.04 Å². The van der Waals surface area contributed by atoms with Crippen molar-refractivity contribution in [3.05, 3.63) is 62.0 Å². The maximum absolute atomic E-state index is 11.5. The van der Waals surface area contributed by atoms with Gasteiger partial charge in [0.25, 0.3) is 0 Å². The summed E-state index contributed by atoms with van der Waals surface area (Å²) < 4.78 is 1.62. The Labute approximate surface area is 138 Å². The zero-order chi connectivity index (χ0) is 14.7. The minimum atomic E-state index is -0.976. The van der Waals surface area contributed by atoms with Crippen molar-refractivity contribution in [2.24, 2.45) is 0 Å². The molecule has 0 heterocycles. The molecule has 2 aromatic carbocycles. The molecule has 0 fully saturated rings. The van der Waals surface area contributed by atoms with Crippen LogP contribution in [0.4, 0.5) is 5.69 Å². The van der Waals surface area contributed by atoms with E-state index in [0.717, 1.165) is 4.47 Å². The predicted octanol–water partition coefficient (Wildman–Crippen LogP) is 5.10. The van der Waals surface area contributed by atoms with Crippen molar-refractivity contribution in [3.63, 3.8) is 0 Å². The molecule has 0 radical (unpaired) electrons. The Morgan fingerprint density at radius 2 is 1.80 bits per heavy atom. The van der Waals surface area contributed by atoms with Gasteiger partial charge in [-0.25, -0.2) is 4.79 Å². The minimum absolute atomic E-state index is 0.493. The fraction of sp³-hybridized carbons (Fsp3) is 0.0714. The normalized spacial score (nSPS) is 11.9. The molecule has 0 aromatic heterocycles. The summed E-state index contributed by atoms with van der Waals surface area (Å²) in [5.74, 6) is -0.976. The molecule has 0 aliphatic heterocycles. The fourth-order valence-electron chi connectivity index (χ4n) is 1.72. The van der Waals surface area contributed by atoms with Crippen molar-refractivity contribution in [1.82, 2.24) is 0 Å². The first-order chi connectivity index (χ1) is 9.47. The third kappa shape index (κ3) is 3.75. The third-order valence-corrected chi connectivity index (χ3v) is 4.16. The average Bonchev–Trinajstić information content (AvgIpc) is 2.41. The zero-order valence-corrected chi connectivity index (χ0v) is 14.0. The van der Waals surface area contributed by atoms with E-state index in [9.17, 15) is 9.90 Å². The second-order valence-corrected chi connectivity index (χ2v) is 6.29. The van der Waals surface area contributed by atoms with Crippen LogP contribution in [0.15, 0.2) is 51.4 Å². The molecule has 0 aliphatic rings. The van der Waals surface area contributed by atoms with Crippen LogP contribution in [0.3, 0.4) is 0 Å². The van der Waals surface area contributed by atoms with Gasteiger partial charge in [-0.05, 0) is 42.5 Å². The quantitative estimate of drug-likeness (QED) is 0.725. The van der Waals surface area contributed by atoms with Crippen molar-refractivity contribution in [3.8, 4) is 0 Å². The van der Waals surface area contributed by atoms with E-state index in [0.29, 0.717) is 20.7 Å². The number of hydrogen-bond donors (Lipinski definition) is 2. The average molecular weight is 420 g/mol. The molecule has 0 amide bonds. The minimum Gasteiger partial charge on any atom is -0.479 e. The van der Waals surface area contributed by atoms with Crippen molar-refractivity contribution in [1.29, 1.82) is 0 Å². The number of carbonyl (C=O) groups is 1. The number of halogens is 3. The fourth-order valence-corrected chi connectivity index (χ4v) is 2.64. The standard InChI is InChI=1S/C14H10Br2ClNO2/c15-8-1-4-10(5-2-8)18-13(14(19)20)11-7-9(17)3-6-12(11)16/h1-7,13,18H,(H,19,20). The predicted molar refractivity (Wildman–Crippen MR) is 87.3 cm³/mol. The van der Waals surface area contributed by atoms with E-state index in [1.54, 1.807) is 30.3 Å². The third-order valence-electron chi connectivity index (χ3n) is 2.67. The van der Waals surface area contributed by atoms with Gasteiger partial charge in [0.2, 0.25) is 0 Å².